The van der Waals surface area contributed by atoms with Crippen molar-refractivity contribution in [1.29, 1.82) is 0 Å². The molecule has 0 radical (unpaired) electrons. The highest BCUT2D eigenvalue weighted by Crippen LogP contribution is 2.52. The van der Waals surface area contributed by atoms with E-state index in [0.717, 1.165) is 12.0 Å². The Hall–Kier alpha value is -2.67. The third-order valence-electron chi connectivity index (χ3n) is 5.15. The molecule has 4 rings (SSSR count). The molecule has 1 unspecified atom stereocenters. The van der Waals surface area contributed by atoms with E-state index in [1.807, 2.05) is 42.5 Å². The number of hydrogen-bond acceptors (Lipinski definition) is 5. The average Bonchev–Trinajstić information content (AvgIpc) is 3.28. The number of hydrogen-bond donors (Lipinski definition) is 1. The van der Waals surface area contributed by atoms with E-state index in [1.54, 1.807) is 23.8 Å². The second-order valence-corrected chi connectivity index (χ2v) is 7.82. The average molecular weight is 398 g/mol. The third kappa shape index (κ3) is 3.09. The molecule has 2 atom stereocenters. The van der Waals surface area contributed by atoms with Gasteiger partial charge in [0.05, 0.1) is 19.8 Å². The van der Waals surface area contributed by atoms with Gasteiger partial charge >= 0.3 is 0 Å². The first-order valence-electron chi connectivity index (χ1n) is 9.16. The zero-order chi connectivity index (χ0) is 19.7. The van der Waals surface area contributed by atoms with Crippen LogP contribution in [0, 0.1) is 0 Å². The molecule has 2 heterocycles. The predicted octanol–water partition coefficient (Wildman–Crippen LogP) is 2.63. The van der Waals surface area contributed by atoms with Crippen molar-refractivity contribution in [3.05, 3.63) is 59.2 Å². The number of rotatable bonds is 6. The smallest absolute Gasteiger partial charge is 0.260 e. The van der Waals surface area contributed by atoms with E-state index in [4.69, 9.17) is 9.47 Å². The molecule has 0 bridgehead atoms. The van der Waals surface area contributed by atoms with Crippen LogP contribution in [0.5, 0.6) is 11.5 Å². The van der Waals surface area contributed by atoms with Crippen LogP contribution in [0.1, 0.15) is 26.9 Å². The summed E-state index contributed by atoms with van der Waals surface area (Å²) in [4.78, 5) is 27.6. The molecule has 0 spiro atoms. The predicted molar refractivity (Wildman–Crippen MR) is 108 cm³/mol. The first-order chi connectivity index (χ1) is 13.7. The molecule has 2 aromatic rings. The van der Waals surface area contributed by atoms with Gasteiger partial charge in [0.1, 0.15) is 11.4 Å². The zero-order valence-electron chi connectivity index (χ0n) is 15.8. The molecular weight excluding hydrogens is 376 g/mol. The minimum atomic E-state index is -0.485. The number of benzene rings is 2. The van der Waals surface area contributed by atoms with E-state index in [2.05, 4.69) is 5.32 Å². The molecule has 6 nitrogen and oxygen atoms in total. The number of nitrogens with zero attached hydrogens (tertiary/aromatic N) is 1. The van der Waals surface area contributed by atoms with Crippen LogP contribution in [0.15, 0.2) is 42.5 Å². The van der Waals surface area contributed by atoms with Crippen molar-refractivity contribution < 1.29 is 19.1 Å². The third-order valence-corrected chi connectivity index (χ3v) is 6.46. The van der Waals surface area contributed by atoms with Crippen LogP contribution in [-0.2, 0) is 11.2 Å². The molecule has 0 aromatic heterocycles. The molecule has 0 saturated carbocycles. The zero-order valence-corrected chi connectivity index (χ0v) is 16.6. The van der Waals surface area contributed by atoms with E-state index >= 15 is 0 Å². The highest BCUT2D eigenvalue weighted by molar-refractivity contribution is 7.99. The van der Waals surface area contributed by atoms with Gasteiger partial charge in [-0.25, -0.2) is 0 Å². The lowest BCUT2D eigenvalue weighted by molar-refractivity contribution is -0.124. The summed E-state index contributed by atoms with van der Waals surface area (Å²) >= 11 is 1.61. The maximum absolute atomic E-state index is 13.1. The van der Waals surface area contributed by atoms with Gasteiger partial charge in [0.15, 0.2) is 11.5 Å². The van der Waals surface area contributed by atoms with Crippen LogP contribution in [0.3, 0.4) is 0 Å². The molecular formula is C21H22N2O4S. The van der Waals surface area contributed by atoms with Gasteiger partial charge in [-0.05, 0) is 18.1 Å². The van der Waals surface area contributed by atoms with Crippen molar-refractivity contribution in [1.82, 2.24) is 10.2 Å². The van der Waals surface area contributed by atoms with Crippen molar-refractivity contribution >= 4 is 23.6 Å². The Labute approximate surface area is 168 Å². The highest BCUT2D eigenvalue weighted by atomic mass is 32.2. The second-order valence-electron chi connectivity index (χ2n) is 6.71. The van der Waals surface area contributed by atoms with E-state index in [-0.39, 0.29) is 17.2 Å². The Morgan fingerprint density at radius 2 is 1.96 bits per heavy atom. The van der Waals surface area contributed by atoms with Crippen LogP contribution < -0.4 is 14.8 Å². The fourth-order valence-electron chi connectivity index (χ4n) is 3.79. The molecule has 1 N–H and O–H groups in total. The lowest BCUT2D eigenvalue weighted by Gasteiger charge is -2.22. The van der Waals surface area contributed by atoms with Crippen molar-refractivity contribution in [2.45, 2.75) is 17.8 Å². The van der Waals surface area contributed by atoms with Gasteiger partial charge < -0.3 is 19.7 Å². The quantitative estimate of drug-likeness (QED) is 0.810. The summed E-state index contributed by atoms with van der Waals surface area (Å²) in [5.41, 5.74) is 2.55. The number of carbonyl (C=O) groups excluding carboxylic acids is 2. The maximum Gasteiger partial charge on any atom is 0.260 e. The van der Waals surface area contributed by atoms with Gasteiger partial charge in [-0.1, -0.05) is 36.4 Å². The molecule has 146 valence electrons. The fourth-order valence-corrected chi connectivity index (χ4v) is 5.24. The van der Waals surface area contributed by atoms with Crippen LogP contribution >= 0.6 is 11.8 Å². The normalized spacial score (nSPS) is 19.9. The Balaban J connectivity index is 1.49. The number of ether oxygens (including phenoxy) is 2. The van der Waals surface area contributed by atoms with E-state index in [9.17, 15) is 9.59 Å². The number of nitrogens with one attached hydrogen (secondary N) is 1. The van der Waals surface area contributed by atoms with E-state index in [1.165, 1.54) is 12.7 Å². The summed E-state index contributed by atoms with van der Waals surface area (Å²) in [7, 11) is 3.07. The minimum absolute atomic E-state index is 0.113. The molecule has 28 heavy (non-hydrogen) atoms. The number of fused-ring (bicyclic) bond motifs is 3. The Kier molecular flexibility index (Phi) is 5.17. The number of methoxy groups -OCH3 is 2. The van der Waals surface area contributed by atoms with Gasteiger partial charge in [-0.3, -0.25) is 9.59 Å². The Bertz CT molecular complexity index is 903. The van der Waals surface area contributed by atoms with Crippen molar-refractivity contribution in [3.63, 3.8) is 0 Å². The van der Waals surface area contributed by atoms with Gasteiger partial charge in [0, 0.05) is 17.9 Å². The van der Waals surface area contributed by atoms with Crippen molar-refractivity contribution in [2.75, 3.05) is 26.5 Å². The molecule has 0 aliphatic carbocycles. The molecule has 1 fully saturated rings. The van der Waals surface area contributed by atoms with Crippen molar-refractivity contribution in [2.24, 2.45) is 0 Å². The van der Waals surface area contributed by atoms with Gasteiger partial charge in [-0.2, -0.15) is 0 Å². The monoisotopic (exact) mass is 398 g/mol. The topological polar surface area (TPSA) is 67.9 Å². The molecule has 2 amide bonds. The summed E-state index contributed by atoms with van der Waals surface area (Å²) in [6, 6.07) is 13.2. The van der Waals surface area contributed by atoms with Gasteiger partial charge in [-0.15, -0.1) is 11.8 Å². The van der Waals surface area contributed by atoms with Crippen LogP contribution in [-0.4, -0.2) is 49.3 Å². The Morgan fingerprint density at radius 1 is 1.18 bits per heavy atom. The lowest BCUT2D eigenvalue weighted by atomic mass is 10.1. The molecule has 2 aliphatic rings. The summed E-state index contributed by atoms with van der Waals surface area (Å²) in [6.07, 6.45) is 0.759. The largest absolute Gasteiger partial charge is 0.493 e. The van der Waals surface area contributed by atoms with E-state index < -0.39 is 6.04 Å². The standard InChI is InChI=1S/C21H22N2O4S/c1-26-16-9-8-14-17(18(16)27-2)20(25)23-15(12-28-21(14)23)19(24)22-11-10-13-6-4-3-5-7-13/h3-9,15,21H,10-12H2,1-2H3,(H,22,24)/t15-,21?/m0/s1. The van der Waals surface area contributed by atoms with Crippen molar-refractivity contribution in [3.8, 4) is 11.5 Å². The van der Waals surface area contributed by atoms with E-state index in [0.29, 0.717) is 29.4 Å². The number of thioether (sulfide) groups is 1. The lowest BCUT2D eigenvalue weighted by Crippen LogP contribution is -2.46. The van der Waals surface area contributed by atoms with Crippen LogP contribution in [0.25, 0.3) is 0 Å². The maximum atomic E-state index is 13.1. The summed E-state index contributed by atoms with van der Waals surface area (Å²) in [5, 5.41) is 2.82. The van der Waals surface area contributed by atoms with Gasteiger partial charge in [0.2, 0.25) is 5.91 Å². The summed E-state index contributed by atoms with van der Waals surface area (Å²) < 4.78 is 10.8. The summed E-state index contributed by atoms with van der Waals surface area (Å²) in [6.45, 7) is 0.542. The first-order valence-corrected chi connectivity index (χ1v) is 10.2. The molecule has 2 aliphatic heterocycles. The molecule has 7 heteroatoms. The second kappa shape index (κ2) is 7.75. The summed E-state index contributed by atoms with van der Waals surface area (Å²) in [5.74, 6) is 1.25. The molecule has 2 aromatic carbocycles. The minimum Gasteiger partial charge on any atom is -0.493 e. The van der Waals surface area contributed by atoms with Gasteiger partial charge in [0.25, 0.3) is 5.91 Å². The van der Waals surface area contributed by atoms with Crippen LogP contribution in [0.4, 0.5) is 0 Å². The number of carbonyl (C=O) groups is 2. The number of amides is 2. The highest BCUT2D eigenvalue weighted by Gasteiger charge is 2.50. The first kappa shape index (κ1) is 18.7. The molecule has 1 saturated heterocycles. The Morgan fingerprint density at radius 3 is 2.68 bits per heavy atom. The van der Waals surface area contributed by atoms with Crippen LogP contribution in [0.2, 0.25) is 0 Å². The SMILES string of the molecule is COc1ccc2c(c1OC)C(=O)N1C2SC[C@H]1C(=O)NCCc1ccccc1. The fraction of sp³-hybridized carbons (Fsp3) is 0.333.